The third-order valence-electron chi connectivity index (χ3n) is 4.82. The maximum Gasteiger partial charge on any atom is 0.321 e. The Labute approximate surface area is 150 Å². The molecule has 1 unspecified atom stereocenters. The number of hydrogen-bond donors (Lipinski definition) is 2. The molecule has 1 aromatic heterocycles. The molecule has 0 bridgehead atoms. The predicted octanol–water partition coefficient (Wildman–Crippen LogP) is 1.66. The number of carbonyl (C=O) groups excluding carboxylic acids is 3. The summed E-state index contributed by atoms with van der Waals surface area (Å²) in [4.78, 5) is 36.0. The second-order valence-electron chi connectivity index (χ2n) is 6.26. The summed E-state index contributed by atoms with van der Waals surface area (Å²) < 4.78 is 0.499. The van der Waals surface area contributed by atoms with Gasteiger partial charge in [0.1, 0.15) is 0 Å². The van der Waals surface area contributed by atoms with E-state index in [2.05, 4.69) is 10.6 Å². The SMILES string of the molecule is CCC1(c2ccc(NC(=O)c3cccc[n+]3[O-])cc2)CCC(=O)NC1=O. The predicted molar refractivity (Wildman–Crippen MR) is 94.1 cm³/mol. The van der Waals surface area contributed by atoms with Gasteiger partial charge in [-0.1, -0.05) is 19.1 Å². The number of nitrogens with zero attached hydrogens (tertiary/aromatic N) is 1. The van der Waals surface area contributed by atoms with Gasteiger partial charge in [0.25, 0.3) is 5.69 Å². The van der Waals surface area contributed by atoms with Gasteiger partial charge in [0.15, 0.2) is 6.20 Å². The first-order valence-corrected chi connectivity index (χ1v) is 8.40. The zero-order valence-electron chi connectivity index (χ0n) is 14.3. The van der Waals surface area contributed by atoms with Crippen molar-refractivity contribution in [3.8, 4) is 0 Å². The number of nitrogens with one attached hydrogen (secondary N) is 2. The van der Waals surface area contributed by atoms with Crippen LogP contribution in [0.3, 0.4) is 0 Å². The minimum Gasteiger partial charge on any atom is -0.618 e. The summed E-state index contributed by atoms with van der Waals surface area (Å²) in [6.07, 6.45) is 2.58. The van der Waals surface area contributed by atoms with Crippen LogP contribution in [-0.4, -0.2) is 17.7 Å². The van der Waals surface area contributed by atoms with Crippen molar-refractivity contribution in [3.05, 3.63) is 65.1 Å². The van der Waals surface area contributed by atoms with Crippen molar-refractivity contribution in [2.75, 3.05) is 5.32 Å². The molecule has 1 aliphatic heterocycles. The third kappa shape index (κ3) is 3.15. The Morgan fingerprint density at radius 1 is 1.23 bits per heavy atom. The molecule has 0 aliphatic carbocycles. The van der Waals surface area contributed by atoms with Crippen LogP contribution in [0.4, 0.5) is 5.69 Å². The maximum absolute atomic E-state index is 12.4. The molecule has 0 spiro atoms. The topological polar surface area (TPSA) is 102 Å². The summed E-state index contributed by atoms with van der Waals surface area (Å²) in [5.74, 6) is -1.05. The van der Waals surface area contributed by atoms with E-state index < -0.39 is 11.3 Å². The average molecular weight is 353 g/mol. The lowest BCUT2D eigenvalue weighted by Crippen LogP contribution is -2.51. The second-order valence-corrected chi connectivity index (χ2v) is 6.26. The molecule has 7 heteroatoms. The lowest BCUT2D eigenvalue weighted by atomic mass is 9.72. The van der Waals surface area contributed by atoms with Crippen LogP contribution in [0.1, 0.15) is 42.2 Å². The van der Waals surface area contributed by atoms with Crippen molar-refractivity contribution in [1.82, 2.24) is 5.32 Å². The van der Waals surface area contributed by atoms with Crippen molar-refractivity contribution in [1.29, 1.82) is 0 Å². The Morgan fingerprint density at radius 3 is 2.58 bits per heavy atom. The highest BCUT2D eigenvalue weighted by molar-refractivity contribution is 6.04. The molecule has 26 heavy (non-hydrogen) atoms. The molecule has 1 aliphatic rings. The Kier molecular flexibility index (Phi) is 4.71. The van der Waals surface area contributed by atoms with E-state index in [1.807, 2.05) is 6.92 Å². The third-order valence-corrected chi connectivity index (χ3v) is 4.82. The molecule has 1 aromatic carbocycles. The summed E-state index contributed by atoms with van der Waals surface area (Å²) >= 11 is 0. The summed E-state index contributed by atoms with van der Waals surface area (Å²) in [5.41, 5.74) is 0.558. The highest BCUT2D eigenvalue weighted by Gasteiger charge is 2.42. The van der Waals surface area contributed by atoms with Crippen molar-refractivity contribution in [2.24, 2.45) is 0 Å². The van der Waals surface area contributed by atoms with Gasteiger partial charge >= 0.3 is 5.91 Å². The highest BCUT2D eigenvalue weighted by Crippen LogP contribution is 2.36. The molecular formula is C19H19N3O4. The number of benzene rings is 1. The number of imide groups is 1. The van der Waals surface area contributed by atoms with Gasteiger partial charge in [0, 0.05) is 24.2 Å². The van der Waals surface area contributed by atoms with Crippen molar-refractivity contribution in [3.63, 3.8) is 0 Å². The van der Waals surface area contributed by atoms with Crippen LogP contribution in [0.25, 0.3) is 0 Å². The number of aromatic nitrogens is 1. The minimum absolute atomic E-state index is 0.00762. The molecule has 134 valence electrons. The fraction of sp³-hybridized carbons (Fsp3) is 0.263. The Morgan fingerprint density at radius 2 is 1.96 bits per heavy atom. The summed E-state index contributed by atoms with van der Waals surface area (Å²) in [7, 11) is 0. The number of carbonyl (C=O) groups is 3. The quantitative estimate of drug-likeness (QED) is 0.496. The molecular weight excluding hydrogens is 334 g/mol. The van der Waals surface area contributed by atoms with E-state index in [1.165, 1.54) is 12.3 Å². The standard InChI is InChI=1S/C19H19N3O4/c1-2-19(11-10-16(23)21-18(19)25)13-6-8-14(9-7-13)20-17(24)15-5-3-4-12-22(15)26/h3-9,12H,2,10-11H2,1H3,(H,20,24)(H,21,23,25). The molecule has 0 saturated carbocycles. The molecule has 2 heterocycles. The van der Waals surface area contributed by atoms with E-state index in [4.69, 9.17) is 0 Å². The zero-order chi connectivity index (χ0) is 18.7. The van der Waals surface area contributed by atoms with Gasteiger partial charge < -0.3 is 10.5 Å². The monoisotopic (exact) mass is 353 g/mol. The minimum atomic E-state index is -0.742. The number of amides is 3. The van der Waals surface area contributed by atoms with Crippen LogP contribution in [0.15, 0.2) is 48.7 Å². The molecule has 1 fully saturated rings. The molecule has 1 saturated heterocycles. The van der Waals surface area contributed by atoms with E-state index in [-0.39, 0.29) is 17.5 Å². The molecule has 1 atom stereocenters. The van der Waals surface area contributed by atoms with Crippen LogP contribution in [0.2, 0.25) is 0 Å². The maximum atomic E-state index is 12.4. The van der Waals surface area contributed by atoms with Gasteiger partial charge in [0.2, 0.25) is 11.8 Å². The largest absolute Gasteiger partial charge is 0.618 e. The number of piperidine rings is 1. The number of anilines is 1. The van der Waals surface area contributed by atoms with Crippen molar-refractivity contribution < 1.29 is 19.1 Å². The van der Waals surface area contributed by atoms with Crippen LogP contribution in [0, 0.1) is 5.21 Å². The van der Waals surface area contributed by atoms with Gasteiger partial charge in [-0.15, -0.1) is 0 Å². The number of rotatable bonds is 4. The second kappa shape index (κ2) is 6.95. The molecule has 2 N–H and O–H groups in total. The van der Waals surface area contributed by atoms with Gasteiger partial charge in [-0.3, -0.25) is 19.7 Å². The lowest BCUT2D eigenvalue weighted by molar-refractivity contribution is -0.607. The van der Waals surface area contributed by atoms with E-state index in [0.717, 1.165) is 5.56 Å². The van der Waals surface area contributed by atoms with Gasteiger partial charge in [-0.25, -0.2) is 0 Å². The Bertz CT molecular complexity index is 863. The summed E-state index contributed by atoms with van der Waals surface area (Å²) in [5, 5.41) is 16.7. The molecule has 3 rings (SSSR count). The normalized spacial score (nSPS) is 19.7. The van der Waals surface area contributed by atoms with Gasteiger partial charge in [0.05, 0.1) is 5.41 Å². The van der Waals surface area contributed by atoms with Crippen LogP contribution in [-0.2, 0) is 15.0 Å². The zero-order valence-corrected chi connectivity index (χ0v) is 14.3. The summed E-state index contributed by atoms with van der Waals surface area (Å²) in [6, 6.07) is 11.5. The average Bonchev–Trinajstić information content (AvgIpc) is 2.63. The fourth-order valence-electron chi connectivity index (χ4n) is 3.24. The molecule has 7 nitrogen and oxygen atoms in total. The van der Waals surface area contributed by atoms with Gasteiger partial charge in [-0.2, -0.15) is 4.73 Å². The first kappa shape index (κ1) is 17.6. The lowest BCUT2D eigenvalue weighted by Gasteiger charge is -2.35. The van der Waals surface area contributed by atoms with E-state index in [0.29, 0.717) is 29.7 Å². The summed E-state index contributed by atoms with van der Waals surface area (Å²) in [6.45, 7) is 1.91. The van der Waals surface area contributed by atoms with E-state index >= 15 is 0 Å². The fourth-order valence-corrected chi connectivity index (χ4v) is 3.24. The number of hydrogen-bond acceptors (Lipinski definition) is 4. The Hall–Kier alpha value is -3.22. The van der Waals surface area contributed by atoms with E-state index in [9.17, 15) is 19.6 Å². The first-order chi connectivity index (χ1) is 12.5. The van der Waals surface area contributed by atoms with Crippen LogP contribution < -0.4 is 15.4 Å². The first-order valence-electron chi connectivity index (χ1n) is 8.40. The molecule has 2 aromatic rings. The van der Waals surface area contributed by atoms with E-state index in [1.54, 1.807) is 36.4 Å². The van der Waals surface area contributed by atoms with Crippen LogP contribution in [0.5, 0.6) is 0 Å². The van der Waals surface area contributed by atoms with Crippen molar-refractivity contribution in [2.45, 2.75) is 31.6 Å². The van der Waals surface area contributed by atoms with Gasteiger partial charge in [-0.05, 0) is 36.6 Å². The highest BCUT2D eigenvalue weighted by atomic mass is 16.5. The van der Waals surface area contributed by atoms with Crippen molar-refractivity contribution >= 4 is 23.4 Å². The van der Waals surface area contributed by atoms with Crippen LogP contribution >= 0.6 is 0 Å². The molecule has 0 radical (unpaired) electrons. The smallest absolute Gasteiger partial charge is 0.321 e. The number of pyridine rings is 1. The molecule has 3 amide bonds. The Balaban J connectivity index is 1.80.